The van der Waals surface area contributed by atoms with Crippen molar-refractivity contribution in [1.82, 2.24) is 0 Å². The number of hydrogen-bond donors (Lipinski definition) is 5. The number of methoxy groups -OCH3 is 1. The predicted octanol–water partition coefficient (Wildman–Crippen LogP) is 0.210. The summed E-state index contributed by atoms with van der Waals surface area (Å²) in [5, 5.41) is 42.8. The fourth-order valence-electron chi connectivity index (χ4n) is 4.92. The minimum atomic E-state index is -2.62. The molecule has 10 nitrogen and oxygen atoms in total. The Morgan fingerprint density at radius 3 is 2.45 bits per heavy atom. The normalized spacial score (nSPS) is 27.4. The molecule has 0 spiro atoms. The number of hydrogen-bond acceptors (Lipinski definition) is 9. The summed E-state index contributed by atoms with van der Waals surface area (Å²) in [6.45, 7) is 0. The van der Waals surface area contributed by atoms with Crippen LogP contribution in [0.25, 0.3) is 5.76 Å². The van der Waals surface area contributed by atoms with Gasteiger partial charge in [-0.1, -0.05) is 0 Å². The predicted molar refractivity (Wildman–Crippen MR) is 103 cm³/mol. The number of phenolic OH excluding ortho intramolecular Hbond substituents is 1. The number of esters is 1. The number of fused-ring (bicyclic) bond motifs is 3. The zero-order valence-electron chi connectivity index (χ0n) is 16.3. The number of carbonyl (C=O) groups excluding carboxylic acids is 4. The van der Waals surface area contributed by atoms with E-state index in [1.807, 2.05) is 0 Å². The number of ketones is 2. The summed E-state index contributed by atoms with van der Waals surface area (Å²) in [6, 6.07) is 2.49. The molecule has 1 aromatic carbocycles. The van der Waals surface area contributed by atoms with Crippen molar-refractivity contribution in [2.24, 2.45) is 17.6 Å². The van der Waals surface area contributed by atoms with Crippen LogP contribution in [0.5, 0.6) is 5.75 Å². The van der Waals surface area contributed by atoms with E-state index < -0.39 is 70.1 Å². The Bertz CT molecular complexity index is 1150. The number of amides is 1. The van der Waals surface area contributed by atoms with Gasteiger partial charge in [0.2, 0.25) is 5.78 Å². The van der Waals surface area contributed by atoms with Crippen LogP contribution < -0.4 is 5.73 Å². The number of nitrogens with two attached hydrogens (primary N) is 1. The van der Waals surface area contributed by atoms with Crippen LogP contribution in [0.2, 0.25) is 0 Å². The van der Waals surface area contributed by atoms with Gasteiger partial charge in [0, 0.05) is 17.9 Å². The average Bonchev–Trinajstić information content (AvgIpc) is 2.70. The van der Waals surface area contributed by atoms with Crippen molar-refractivity contribution in [3.05, 3.63) is 45.7 Å². The highest BCUT2D eigenvalue weighted by atomic mass is 16.5. The number of Topliss-reactive ketones (excluding diaryl/α,β-unsaturated/α-hetero) is 2. The Kier molecular flexibility index (Phi) is 4.44. The molecule has 3 unspecified atom stereocenters. The number of phenols is 1. The Balaban J connectivity index is 1.94. The van der Waals surface area contributed by atoms with Crippen LogP contribution in [0.15, 0.2) is 29.0 Å². The molecular formula is C21H19NO9. The third-order valence-electron chi connectivity index (χ3n) is 6.35. The van der Waals surface area contributed by atoms with Gasteiger partial charge in [0.25, 0.3) is 5.91 Å². The number of aliphatic hydroxyl groups excluding tert-OH is 2. The zero-order chi connectivity index (χ0) is 22.8. The van der Waals surface area contributed by atoms with Gasteiger partial charge in [-0.3, -0.25) is 14.4 Å². The van der Waals surface area contributed by atoms with E-state index in [0.29, 0.717) is 0 Å². The van der Waals surface area contributed by atoms with Crippen molar-refractivity contribution in [2.75, 3.05) is 7.11 Å². The Labute approximate surface area is 175 Å². The molecule has 3 aliphatic carbocycles. The molecule has 0 radical (unpaired) electrons. The number of aromatic hydroxyl groups is 1. The molecule has 6 N–H and O–H groups in total. The molecule has 1 aromatic rings. The number of benzene rings is 1. The molecule has 31 heavy (non-hydrogen) atoms. The van der Waals surface area contributed by atoms with Gasteiger partial charge in [0.15, 0.2) is 11.4 Å². The van der Waals surface area contributed by atoms with Crippen LogP contribution >= 0.6 is 0 Å². The van der Waals surface area contributed by atoms with Crippen molar-refractivity contribution >= 4 is 29.2 Å². The molecule has 1 amide bonds. The summed E-state index contributed by atoms with van der Waals surface area (Å²) >= 11 is 0. The third kappa shape index (κ3) is 2.61. The summed E-state index contributed by atoms with van der Waals surface area (Å²) in [5.41, 5.74) is 1.59. The van der Waals surface area contributed by atoms with Gasteiger partial charge in [-0.2, -0.15) is 0 Å². The highest BCUT2D eigenvalue weighted by Crippen LogP contribution is 2.52. The van der Waals surface area contributed by atoms with Gasteiger partial charge in [-0.05, 0) is 36.5 Å². The van der Waals surface area contributed by atoms with E-state index in [9.17, 15) is 39.6 Å². The lowest BCUT2D eigenvalue weighted by molar-refractivity contribution is -0.147. The first-order chi connectivity index (χ1) is 14.5. The molecule has 4 rings (SSSR count). The van der Waals surface area contributed by atoms with E-state index in [4.69, 9.17) is 10.5 Å². The molecule has 3 aliphatic rings. The minimum Gasteiger partial charge on any atom is -0.508 e. The van der Waals surface area contributed by atoms with Gasteiger partial charge >= 0.3 is 5.97 Å². The first-order valence-corrected chi connectivity index (χ1v) is 9.44. The second-order valence-electron chi connectivity index (χ2n) is 7.88. The Morgan fingerprint density at radius 1 is 1.16 bits per heavy atom. The molecule has 0 bridgehead atoms. The van der Waals surface area contributed by atoms with Crippen LogP contribution in [0.1, 0.15) is 34.3 Å². The molecule has 1 fully saturated rings. The van der Waals surface area contributed by atoms with E-state index in [-0.39, 0.29) is 35.1 Å². The average molecular weight is 429 g/mol. The van der Waals surface area contributed by atoms with Gasteiger partial charge < -0.3 is 30.9 Å². The quantitative estimate of drug-likeness (QED) is 0.324. The summed E-state index contributed by atoms with van der Waals surface area (Å²) in [5.74, 6) is -7.85. The lowest BCUT2D eigenvalue weighted by Crippen LogP contribution is -2.58. The Hall–Kier alpha value is -3.66. The maximum Gasteiger partial charge on any atom is 0.338 e. The van der Waals surface area contributed by atoms with Crippen LogP contribution in [-0.2, 0) is 25.5 Å². The maximum absolute atomic E-state index is 13.3. The molecule has 0 saturated heterocycles. The first-order valence-electron chi connectivity index (χ1n) is 9.44. The van der Waals surface area contributed by atoms with E-state index in [1.165, 1.54) is 13.2 Å². The van der Waals surface area contributed by atoms with Crippen LogP contribution in [0.3, 0.4) is 0 Å². The minimum absolute atomic E-state index is 0.0147. The lowest BCUT2D eigenvalue weighted by Gasteiger charge is -2.46. The van der Waals surface area contributed by atoms with Crippen molar-refractivity contribution in [2.45, 2.75) is 24.9 Å². The highest BCUT2D eigenvalue weighted by molar-refractivity contribution is 6.22. The fraction of sp³-hybridized carbons (Fsp3) is 0.333. The zero-order valence-corrected chi connectivity index (χ0v) is 16.3. The van der Waals surface area contributed by atoms with Crippen LogP contribution in [0, 0.1) is 11.8 Å². The second-order valence-corrected chi connectivity index (χ2v) is 7.88. The SMILES string of the molecule is COC(=O)c1ccc(O)c2c1CC1CC3CC(=O)C(C(N)=O)=C(O)C3(O)C(=O)C1=C2O. The molecule has 162 valence electrons. The molecule has 10 heteroatoms. The molecule has 0 aliphatic heterocycles. The van der Waals surface area contributed by atoms with Gasteiger partial charge in [0.1, 0.15) is 22.8 Å². The monoisotopic (exact) mass is 429 g/mol. The fourth-order valence-corrected chi connectivity index (χ4v) is 4.92. The topological polar surface area (TPSA) is 184 Å². The molecule has 0 heterocycles. The molecule has 3 atom stereocenters. The van der Waals surface area contributed by atoms with Crippen LogP contribution in [-0.4, -0.2) is 56.6 Å². The number of rotatable bonds is 2. The summed E-state index contributed by atoms with van der Waals surface area (Å²) in [7, 11) is 1.18. The number of ether oxygens (including phenoxy) is 1. The van der Waals surface area contributed by atoms with E-state index in [0.717, 1.165) is 6.07 Å². The summed E-state index contributed by atoms with van der Waals surface area (Å²) in [6.07, 6.45) is -0.391. The maximum atomic E-state index is 13.3. The van der Waals surface area contributed by atoms with Crippen LogP contribution in [0.4, 0.5) is 0 Å². The van der Waals surface area contributed by atoms with Gasteiger partial charge in [-0.15, -0.1) is 0 Å². The first kappa shape index (κ1) is 20.6. The third-order valence-corrected chi connectivity index (χ3v) is 6.35. The van der Waals surface area contributed by atoms with Crippen molar-refractivity contribution in [3.8, 4) is 5.75 Å². The van der Waals surface area contributed by atoms with Crippen molar-refractivity contribution in [1.29, 1.82) is 0 Å². The second kappa shape index (κ2) is 6.67. The number of carbonyl (C=O) groups is 4. The smallest absolute Gasteiger partial charge is 0.338 e. The number of primary amides is 1. The van der Waals surface area contributed by atoms with E-state index in [2.05, 4.69) is 0 Å². The largest absolute Gasteiger partial charge is 0.508 e. The number of aliphatic hydroxyl groups is 3. The highest BCUT2D eigenvalue weighted by Gasteiger charge is 2.60. The van der Waals surface area contributed by atoms with Crippen molar-refractivity contribution < 1.29 is 44.3 Å². The van der Waals surface area contributed by atoms with Crippen molar-refractivity contribution in [3.63, 3.8) is 0 Å². The molecule has 1 saturated carbocycles. The van der Waals surface area contributed by atoms with E-state index in [1.54, 1.807) is 0 Å². The standard InChI is InChI=1S/C21H19NO9/c1-31-20(29)9-2-3-11(23)14-10(9)5-7-4-8-6-12(24)15(19(22)28)18(27)21(8,30)17(26)13(7)16(14)25/h2-3,7-8,23,25,27,30H,4-6H2,1H3,(H2,22,28). The summed E-state index contributed by atoms with van der Waals surface area (Å²) < 4.78 is 4.75. The van der Waals surface area contributed by atoms with E-state index >= 15 is 0 Å². The van der Waals surface area contributed by atoms with Gasteiger partial charge in [0.05, 0.1) is 18.2 Å². The Morgan fingerprint density at radius 2 is 1.84 bits per heavy atom. The summed E-state index contributed by atoms with van der Waals surface area (Å²) in [4.78, 5) is 49.4. The molecule has 0 aromatic heterocycles. The lowest BCUT2D eigenvalue weighted by atomic mass is 9.59. The molecular weight excluding hydrogens is 410 g/mol. The van der Waals surface area contributed by atoms with Gasteiger partial charge in [-0.25, -0.2) is 4.79 Å².